The molecule has 14 rings (SSSR count). The first kappa shape index (κ1) is 37.0. The number of aromatic amines is 2. The van der Waals surface area contributed by atoms with Crippen LogP contribution in [0.5, 0.6) is 0 Å². The Morgan fingerprint density at radius 2 is 1.16 bits per heavy atom. The summed E-state index contributed by atoms with van der Waals surface area (Å²) >= 11 is 0. The Kier molecular flexibility index (Phi) is 8.04. The van der Waals surface area contributed by atoms with E-state index in [1.807, 2.05) is 54.7 Å². The minimum atomic E-state index is 0.555. The van der Waals surface area contributed by atoms with Gasteiger partial charge in [0.2, 0.25) is 0 Å². The number of hydrogen-bond donors (Lipinski definition) is 2. The molecule has 0 unspecified atom stereocenters. The zero-order chi connectivity index (χ0) is 44.0. The monoisotopic (exact) mass is 858 g/mol. The molecular formula is C57H34N10. The minimum absolute atomic E-state index is 0.555. The van der Waals surface area contributed by atoms with Crippen LogP contribution >= 0.6 is 0 Å². The highest BCUT2D eigenvalue weighted by atomic mass is 15.1. The third kappa shape index (κ3) is 5.73. The Bertz CT molecular complexity index is 4270. The van der Waals surface area contributed by atoms with Crippen LogP contribution in [0.3, 0.4) is 0 Å². The van der Waals surface area contributed by atoms with E-state index in [2.05, 4.69) is 153 Å². The molecule has 0 atom stereocenters. The molecule has 8 heterocycles. The summed E-state index contributed by atoms with van der Waals surface area (Å²) in [4.78, 5) is 26.3. The Balaban J connectivity index is 1.27. The number of rotatable bonds is 6. The molecule has 0 amide bonds. The molecule has 0 aliphatic carbocycles. The van der Waals surface area contributed by atoms with Crippen molar-refractivity contribution in [1.82, 2.24) is 49.7 Å². The van der Waals surface area contributed by atoms with E-state index in [9.17, 15) is 0 Å². The molecule has 0 bridgehead atoms. The van der Waals surface area contributed by atoms with Gasteiger partial charge in [0.05, 0.1) is 34.1 Å². The van der Waals surface area contributed by atoms with E-state index < -0.39 is 0 Å². The summed E-state index contributed by atoms with van der Waals surface area (Å²) < 4.78 is 2.16. The van der Waals surface area contributed by atoms with E-state index in [0.29, 0.717) is 33.8 Å². The van der Waals surface area contributed by atoms with Crippen LogP contribution in [0.15, 0.2) is 195 Å². The Morgan fingerprint density at radius 3 is 2.04 bits per heavy atom. The summed E-state index contributed by atoms with van der Waals surface area (Å²) in [7, 11) is 0. The molecule has 6 aromatic carbocycles. The third-order valence-corrected chi connectivity index (χ3v) is 13.0. The molecule has 10 nitrogen and oxygen atoms in total. The topological polar surface area (TPSA) is 126 Å². The van der Waals surface area contributed by atoms with Crippen molar-refractivity contribution in [2.75, 3.05) is 0 Å². The van der Waals surface area contributed by atoms with Crippen molar-refractivity contribution in [1.29, 1.82) is 0 Å². The van der Waals surface area contributed by atoms with Gasteiger partial charge in [-0.15, -0.1) is 5.10 Å². The number of H-pyrrole nitrogens is 2. The zero-order valence-corrected chi connectivity index (χ0v) is 35.6. The fraction of sp³-hybridized carbons (Fsp3) is 0. The lowest BCUT2D eigenvalue weighted by Gasteiger charge is -2.23. The van der Waals surface area contributed by atoms with Crippen LogP contribution in [-0.4, -0.2) is 49.7 Å². The predicted octanol–water partition coefficient (Wildman–Crippen LogP) is 13.3. The number of pyridine rings is 3. The standard InChI is InChI=1S/C57H34N10/c1-5-17-37-33(13-1)26-28-58-51(37)50-49(52-39-19-7-10-22-43(39)64-66-52)47(40-27-30-67-29-12-11-23-46(40)67)48(45-31-35-15-4-9-21-42(35)61-45)55-56(50)62-54(44-25-24-34-14-3-8-20-41(34)60-44)57(63-55)53-38-18-6-2-16-36(38)32-59-65-53/h1-32,61H,(H,64,66). The lowest BCUT2D eigenvalue weighted by atomic mass is 9.83. The Labute approximate surface area is 381 Å². The van der Waals surface area contributed by atoms with E-state index in [1.54, 1.807) is 6.20 Å². The molecular weight excluding hydrogens is 825 g/mol. The van der Waals surface area contributed by atoms with Crippen molar-refractivity contribution in [3.8, 4) is 67.7 Å². The summed E-state index contributed by atoms with van der Waals surface area (Å²) in [5.41, 5.74) is 14.2. The van der Waals surface area contributed by atoms with E-state index >= 15 is 0 Å². The number of hydrogen-bond acceptors (Lipinski definition) is 7. The highest BCUT2D eigenvalue weighted by molar-refractivity contribution is 6.21. The second kappa shape index (κ2) is 14.6. The first-order valence-corrected chi connectivity index (χ1v) is 22.1. The molecule has 0 aliphatic heterocycles. The Hall–Kier alpha value is -9.41. The number of benzene rings is 6. The predicted molar refractivity (Wildman–Crippen MR) is 268 cm³/mol. The van der Waals surface area contributed by atoms with Crippen molar-refractivity contribution in [3.05, 3.63) is 195 Å². The Morgan fingerprint density at radius 1 is 0.448 bits per heavy atom. The van der Waals surface area contributed by atoms with Gasteiger partial charge in [-0.05, 0) is 60.0 Å². The lowest BCUT2D eigenvalue weighted by Crippen LogP contribution is -2.06. The number of para-hydroxylation sites is 3. The number of nitrogens with zero attached hydrogens (tertiary/aromatic N) is 8. The van der Waals surface area contributed by atoms with E-state index in [4.69, 9.17) is 30.1 Å². The van der Waals surface area contributed by atoms with Crippen molar-refractivity contribution in [3.63, 3.8) is 0 Å². The minimum Gasteiger partial charge on any atom is -0.354 e. The van der Waals surface area contributed by atoms with Crippen LogP contribution in [0.2, 0.25) is 0 Å². The maximum Gasteiger partial charge on any atom is 0.121 e. The average Bonchev–Trinajstić information content (AvgIpc) is 4.15. The van der Waals surface area contributed by atoms with Crippen LogP contribution in [0.1, 0.15) is 0 Å². The van der Waals surface area contributed by atoms with Gasteiger partial charge in [0.1, 0.15) is 33.8 Å². The first-order valence-electron chi connectivity index (χ1n) is 22.1. The van der Waals surface area contributed by atoms with Gasteiger partial charge in [-0.1, -0.05) is 115 Å². The van der Waals surface area contributed by atoms with Gasteiger partial charge in [0.15, 0.2) is 0 Å². The van der Waals surface area contributed by atoms with Crippen molar-refractivity contribution < 1.29 is 0 Å². The second-order valence-electron chi connectivity index (χ2n) is 16.8. The molecule has 0 aliphatic rings. The van der Waals surface area contributed by atoms with Crippen molar-refractivity contribution >= 4 is 70.8 Å². The van der Waals surface area contributed by atoms with Crippen molar-refractivity contribution in [2.24, 2.45) is 0 Å². The lowest BCUT2D eigenvalue weighted by molar-refractivity contribution is 1.05. The maximum absolute atomic E-state index is 5.91. The molecule has 2 N–H and O–H groups in total. The zero-order valence-electron chi connectivity index (χ0n) is 35.6. The number of fused-ring (bicyclic) bond motifs is 7. The number of aromatic nitrogens is 10. The van der Waals surface area contributed by atoms with Gasteiger partial charge in [-0.2, -0.15) is 10.2 Å². The summed E-state index contributed by atoms with van der Waals surface area (Å²) in [6.07, 6.45) is 7.87. The van der Waals surface area contributed by atoms with Crippen LogP contribution in [0.25, 0.3) is 138 Å². The highest BCUT2D eigenvalue weighted by Gasteiger charge is 2.33. The second-order valence-corrected chi connectivity index (χ2v) is 16.8. The fourth-order valence-electron chi connectivity index (χ4n) is 9.96. The number of nitrogens with one attached hydrogen (secondary N) is 2. The molecule has 312 valence electrons. The van der Waals surface area contributed by atoms with Crippen LogP contribution in [0, 0.1) is 0 Å². The molecule has 67 heavy (non-hydrogen) atoms. The van der Waals surface area contributed by atoms with Crippen molar-refractivity contribution in [2.45, 2.75) is 0 Å². The summed E-state index contributed by atoms with van der Waals surface area (Å²) in [5.74, 6) is 0. The van der Waals surface area contributed by atoms with Crippen LogP contribution in [0.4, 0.5) is 0 Å². The van der Waals surface area contributed by atoms with Gasteiger partial charge in [-0.3, -0.25) is 10.1 Å². The van der Waals surface area contributed by atoms with Crippen LogP contribution in [-0.2, 0) is 0 Å². The maximum atomic E-state index is 5.91. The largest absolute Gasteiger partial charge is 0.354 e. The van der Waals surface area contributed by atoms with Crippen LogP contribution < -0.4 is 0 Å². The molecule has 0 fully saturated rings. The van der Waals surface area contributed by atoms with Gasteiger partial charge < -0.3 is 9.38 Å². The summed E-state index contributed by atoms with van der Waals surface area (Å²) in [5, 5.41) is 25.0. The molecule has 0 saturated heterocycles. The molecule has 0 spiro atoms. The molecule has 8 aromatic heterocycles. The highest BCUT2D eigenvalue weighted by Crippen LogP contribution is 2.53. The first-order chi connectivity index (χ1) is 33.2. The third-order valence-electron chi connectivity index (χ3n) is 13.0. The summed E-state index contributed by atoms with van der Waals surface area (Å²) in [6, 6.07) is 58.2. The SMILES string of the molecule is c1ccc2nc(-c3nc4c(-c5nccc6ccccc56)c(-c5n[nH]c6ccccc56)c(-c5ccn6ccccc56)c(-c5cc6ccccc6[nH]5)c4nc3-c3nncc4ccccc34)ccc2c1. The smallest absolute Gasteiger partial charge is 0.121 e. The fourth-order valence-corrected chi connectivity index (χ4v) is 9.96. The van der Waals surface area contributed by atoms with Gasteiger partial charge in [-0.25, -0.2) is 15.0 Å². The van der Waals surface area contributed by atoms with E-state index in [0.717, 1.165) is 105 Å². The molecule has 10 heteroatoms. The average molecular weight is 859 g/mol. The van der Waals surface area contributed by atoms with E-state index in [1.165, 1.54) is 0 Å². The molecule has 0 radical (unpaired) electrons. The van der Waals surface area contributed by atoms with Gasteiger partial charge in [0.25, 0.3) is 0 Å². The molecule has 0 saturated carbocycles. The summed E-state index contributed by atoms with van der Waals surface area (Å²) in [6.45, 7) is 0. The molecule has 14 aromatic rings. The normalized spacial score (nSPS) is 11.9. The quantitative estimate of drug-likeness (QED) is 0.170. The van der Waals surface area contributed by atoms with Gasteiger partial charge >= 0.3 is 0 Å². The van der Waals surface area contributed by atoms with Gasteiger partial charge in [0, 0.05) is 89.9 Å². The van der Waals surface area contributed by atoms with E-state index in [-0.39, 0.29) is 0 Å².